The molecule has 0 spiro atoms. The van der Waals surface area contributed by atoms with Crippen LogP contribution in [-0.4, -0.2) is 26.1 Å². The summed E-state index contributed by atoms with van der Waals surface area (Å²) in [5, 5.41) is 0. The molecule has 0 aromatic heterocycles. The van der Waals surface area contributed by atoms with Crippen LogP contribution in [-0.2, 0) is 4.79 Å². The Morgan fingerprint density at radius 2 is 1.64 bits per heavy atom. The minimum Gasteiger partial charge on any atom is -0.497 e. The SMILES string of the molecule is COc1ccc(C2CN(c3cccc(-c4ccccc4)c3)CC2C(N)=O)cc1. The van der Waals surface area contributed by atoms with Gasteiger partial charge in [-0.2, -0.15) is 0 Å². The number of ether oxygens (including phenoxy) is 1. The molecule has 3 aromatic rings. The van der Waals surface area contributed by atoms with Gasteiger partial charge in [0.2, 0.25) is 5.91 Å². The molecule has 1 amide bonds. The van der Waals surface area contributed by atoms with E-state index in [0.29, 0.717) is 6.54 Å². The van der Waals surface area contributed by atoms with Crippen LogP contribution in [0.25, 0.3) is 11.1 Å². The van der Waals surface area contributed by atoms with Gasteiger partial charge in [-0.1, -0.05) is 54.6 Å². The molecule has 1 aliphatic rings. The van der Waals surface area contributed by atoms with Gasteiger partial charge in [-0.3, -0.25) is 4.79 Å². The molecule has 1 fully saturated rings. The van der Waals surface area contributed by atoms with Crippen LogP contribution in [0.2, 0.25) is 0 Å². The van der Waals surface area contributed by atoms with E-state index in [1.54, 1.807) is 7.11 Å². The van der Waals surface area contributed by atoms with E-state index in [1.807, 2.05) is 42.5 Å². The van der Waals surface area contributed by atoms with Gasteiger partial charge in [0.05, 0.1) is 13.0 Å². The number of anilines is 1. The standard InChI is InChI=1S/C24H24N2O2/c1-28-21-12-10-18(11-13-21)22-15-26(16-23(22)24(25)27)20-9-5-8-19(14-20)17-6-3-2-4-7-17/h2-14,22-23H,15-16H2,1H3,(H2,25,27). The van der Waals surface area contributed by atoms with Crippen molar-refractivity contribution in [2.45, 2.75) is 5.92 Å². The first kappa shape index (κ1) is 18.1. The number of primary amides is 1. The third kappa shape index (κ3) is 3.58. The van der Waals surface area contributed by atoms with Crippen LogP contribution >= 0.6 is 0 Å². The molecular weight excluding hydrogens is 348 g/mol. The Hall–Kier alpha value is -3.27. The lowest BCUT2D eigenvalue weighted by Crippen LogP contribution is -2.29. The molecule has 2 N–H and O–H groups in total. The quantitative estimate of drug-likeness (QED) is 0.735. The zero-order valence-corrected chi connectivity index (χ0v) is 15.9. The topological polar surface area (TPSA) is 55.6 Å². The maximum atomic E-state index is 12.1. The van der Waals surface area contributed by atoms with Crippen molar-refractivity contribution in [3.05, 3.63) is 84.4 Å². The van der Waals surface area contributed by atoms with E-state index in [2.05, 4.69) is 41.3 Å². The van der Waals surface area contributed by atoms with E-state index < -0.39 is 0 Å². The van der Waals surface area contributed by atoms with Gasteiger partial charge in [-0.25, -0.2) is 0 Å². The van der Waals surface area contributed by atoms with Crippen LogP contribution in [0.1, 0.15) is 11.5 Å². The predicted molar refractivity (Wildman–Crippen MR) is 113 cm³/mol. The minimum atomic E-state index is -0.248. The van der Waals surface area contributed by atoms with Crippen molar-refractivity contribution >= 4 is 11.6 Å². The fourth-order valence-corrected chi connectivity index (χ4v) is 4.00. The maximum absolute atomic E-state index is 12.1. The Balaban J connectivity index is 1.62. The second kappa shape index (κ2) is 7.77. The highest BCUT2D eigenvalue weighted by Gasteiger charge is 2.37. The summed E-state index contributed by atoms with van der Waals surface area (Å²) in [6, 6.07) is 26.7. The van der Waals surface area contributed by atoms with Crippen LogP contribution in [0.4, 0.5) is 5.69 Å². The van der Waals surface area contributed by atoms with Crippen LogP contribution in [0.15, 0.2) is 78.9 Å². The van der Waals surface area contributed by atoms with Crippen molar-refractivity contribution in [1.82, 2.24) is 0 Å². The van der Waals surface area contributed by atoms with Gasteiger partial charge in [-0.05, 0) is 41.0 Å². The number of carbonyl (C=O) groups excluding carboxylic acids is 1. The number of rotatable bonds is 5. The maximum Gasteiger partial charge on any atom is 0.223 e. The highest BCUT2D eigenvalue weighted by atomic mass is 16.5. The monoisotopic (exact) mass is 372 g/mol. The summed E-state index contributed by atoms with van der Waals surface area (Å²) < 4.78 is 5.25. The van der Waals surface area contributed by atoms with Gasteiger partial charge in [0, 0.05) is 24.7 Å². The van der Waals surface area contributed by atoms with Crippen molar-refractivity contribution in [2.75, 3.05) is 25.1 Å². The molecule has 2 unspecified atom stereocenters. The Kier molecular flexibility index (Phi) is 5.02. The predicted octanol–water partition coefficient (Wildman–Crippen LogP) is 4.07. The molecule has 28 heavy (non-hydrogen) atoms. The summed E-state index contributed by atoms with van der Waals surface area (Å²) >= 11 is 0. The molecule has 4 nitrogen and oxygen atoms in total. The number of hydrogen-bond acceptors (Lipinski definition) is 3. The molecule has 0 aliphatic carbocycles. The number of benzene rings is 3. The normalized spacial score (nSPS) is 18.8. The molecule has 4 heteroatoms. The smallest absolute Gasteiger partial charge is 0.223 e. The number of nitrogens with two attached hydrogens (primary N) is 1. The highest BCUT2D eigenvalue weighted by Crippen LogP contribution is 2.37. The molecule has 142 valence electrons. The average Bonchev–Trinajstić information content (AvgIpc) is 3.20. The highest BCUT2D eigenvalue weighted by molar-refractivity contribution is 5.80. The Morgan fingerprint density at radius 1 is 0.929 bits per heavy atom. The Labute approximate surface area is 165 Å². The third-order valence-electron chi connectivity index (χ3n) is 5.55. The van der Waals surface area contributed by atoms with Crippen molar-refractivity contribution in [3.8, 4) is 16.9 Å². The first-order chi connectivity index (χ1) is 13.7. The lowest BCUT2D eigenvalue weighted by Gasteiger charge is -2.19. The molecule has 1 heterocycles. The minimum absolute atomic E-state index is 0.0730. The molecule has 4 rings (SSSR count). The molecule has 0 radical (unpaired) electrons. The van der Waals surface area contributed by atoms with E-state index in [1.165, 1.54) is 11.1 Å². The van der Waals surface area contributed by atoms with Crippen LogP contribution in [0.5, 0.6) is 5.75 Å². The van der Waals surface area contributed by atoms with E-state index in [4.69, 9.17) is 10.5 Å². The zero-order chi connectivity index (χ0) is 19.5. The molecule has 0 bridgehead atoms. The number of carbonyl (C=O) groups is 1. The largest absolute Gasteiger partial charge is 0.497 e. The summed E-state index contributed by atoms with van der Waals surface area (Å²) in [6.45, 7) is 1.39. The number of methoxy groups -OCH3 is 1. The Morgan fingerprint density at radius 3 is 2.32 bits per heavy atom. The van der Waals surface area contributed by atoms with Crippen molar-refractivity contribution in [2.24, 2.45) is 11.7 Å². The molecular formula is C24H24N2O2. The first-order valence-corrected chi connectivity index (χ1v) is 9.49. The van der Waals surface area contributed by atoms with Gasteiger partial charge >= 0.3 is 0 Å². The van der Waals surface area contributed by atoms with Gasteiger partial charge < -0.3 is 15.4 Å². The zero-order valence-electron chi connectivity index (χ0n) is 15.9. The second-order valence-electron chi connectivity index (χ2n) is 7.21. The van der Waals surface area contributed by atoms with Crippen molar-refractivity contribution in [3.63, 3.8) is 0 Å². The second-order valence-corrected chi connectivity index (χ2v) is 7.21. The van der Waals surface area contributed by atoms with Gasteiger partial charge in [0.1, 0.15) is 5.75 Å². The lowest BCUT2D eigenvalue weighted by molar-refractivity contribution is -0.121. The molecule has 3 aromatic carbocycles. The molecule has 1 saturated heterocycles. The van der Waals surface area contributed by atoms with Gasteiger partial charge in [-0.15, -0.1) is 0 Å². The lowest BCUT2D eigenvalue weighted by atomic mass is 9.88. The summed E-state index contributed by atoms with van der Waals surface area (Å²) in [5.74, 6) is 0.421. The van der Waals surface area contributed by atoms with Crippen LogP contribution in [0.3, 0.4) is 0 Å². The van der Waals surface area contributed by atoms with Gasteiger partial charge in [0.15, 0.2) is 0 Å². The van der Waals surface area contributed by atoms with Crippen molar-refractivity contribution in [1.29, 1.82) is 0 Å². The summed E-state index contributed by atoms with van der Waals surface area (Å²) in [6.07, 6.45) is 0. The summed E-state index contributed by atoms with van der Waals surface area (Å²) in [5.41, 5.74) is 10.3. The fourth-order valence-electron chi connectivity index (χ4n) is 4.00. The summed E-state index contributed by atoms with van der Waals surface area (Å²) in [7, 11) is 1.65. The van der Waals surface area contributed by atoms with Crippen LogP contribution in [0, 0.1) is 5.92 Å². The van der Waals surface area contributed by atoms with Gasteiger partial charge in [0.25, 0.3) is 0 Å². The first-order valence-electron chi connectivity index (χ1n) is 9.49. The Bertz CT molecular complexity index is 954. The van der Waals surface area contributed by atoms with E-state index >= 15 is 0 Å². The average molecular weight is 372 g/mol. The third-order valence-corrected chi connectivity index (χ3v) is 5.55. The van der Waals surface area contributed by atoms with Crippen LogP contribution < -0.4 is 15.4 Å². The van der Waals surface area contributed by atoms with E-state index in [9.17, 15) is 4.79 Å². The van der Waals surface area contributed by atoms with Crippen molar-refractivity contribution < 1.29 is 9.53 Å². The molecule has 2 atom stereocenters. The number of hydrogen-bond donors (Lipinski definition) is 1. The number of amides is 1. The molecule has 1 aliphatic heterocycles. The molecule has 0 saturated carbocycles. The van der Waals surface area contributed by atoms with E-state index in [-0.39, 0.29) is 17.7 Å². The number of nitrogens with zero attached hydrogens (tertiary/aromatic N) is 1. The van der Waals surface area contributed by atoms with E-state index in [0.717, 1.165) is 23.5 Å². The fraction of sp³-hybridized carbons (Fsp3) is 0.208. The summed E-state index contributed by atoms with van der Waals surface area (Å²) in [4.78, 5) is 14.4.